The summed E-state index contributed by atoms with van der Waals surface area (Å²) in [5, 5.41) is 13.8. The topological polar surface area (TPSA) is 74.9 Å². The van der Waals surface area contributed by atoms with E-state index >= 15 is 4.39 Å². The summed E-state index contributed by atoms with van der Waals surface area (Å²) in [6, 6.07) is 18.7. The normalized spacial score (nSPS) is 20.6. The number of benzene rings is 2. The van der Waals surface area contributed by atoms with E-state index in [9.17, 15) is 14.7 Å². The van der Waals surface area contributed by atoms with Gasteiger partial charge in [0.2, 0.25) is 0 Å². The van der Waals surface area contributed by atoms with Gasteiger partial charge < -0.3 is 10.0 Å². The van der Waals surface area contributed by atoms with Crippen LogP contribution >= 0.6 is 0 Å². The molecule has 0 spiro atoms. The second kappa shape index (κ2) is 8.83. The smallest absolute Gasteiger partial charge is 0.307 e. The lowest BCUT2D eigenvalue weighted by Gasteiger charge is -2.35. The van der Waals surface area contributed by atoms with Gasteiger partial charge in [-0.25, -0.2) is 8.91 Å². The van der Waals surface area contributed by atoms with Crippen molar-refractivity contribution in [2.24, 2.45) is 5.92 Å². The molecule has 37 heavy (non-hydrogen) atoms. The van der Waals surface area contributed by atoms with Crippen LogP contribution in [0.3, 0.4) is 0 Å². The summed E-state index contributed by atoms with van der Waals surface area (Å²) in [6.07, 6.45) is 2.03. The standard InChI is InChI=1S/C30H28FN3O3/c1-3-21-12-20(29(35)33-11-10-18-6-4-5-7-23(18)17(33)2)13-22-15-28(32-34(21)22)24-9-8-19(14-27(24)31)25-16-26(25)30(36)37/h4-9,12-15,17,25-26H,3,10-11,16H2,1-2H3,(H,36,37)/t17-,25?,26?/m1/s1. The van der Waals surface area contributed by atoms with Crippen molar-refractivity contribution in [2.45, 2.75) is 45.1 Å². The number of pyridine rings is 1. The highest BCUT2D eigenvalue weighted by Crippen LogP contribution is 2.48. The number of nitrogens with zero attached hydrogens (tertiary/aromatic N) is 3. The van der Waals surface area contributed by atoms with Gasteiger partial charge in [0.1, 0.15) is 5.82 Å². The first-order chi connectivity index (χ1) is 17.9. The first-order valence-electron chi connectivity index (χ1n) is 12.8. The fraction of sp³-hybridized carbons (Fsp3) is 0.300. The zero-order valence-corrected chi connectivity index (χ0v) is 20.8. The number of carbonyl (C=O) groups is 2. The third kappa shape index (κ3) is 3.99. The number of rotatable bonds is 5. The van der Waals surface area contributed by atoms with E-state index < -0.39 is 17.7 Å². The Hall–Kier alpha value is -4.00. The lowest BCUT2D eigenvalue weighted by Crippen LogP contribution is -2.38. The van der Waals surface area contributed by atoms with Gasteiger partial charge in [-0.05, 0) is 79.1 Å². The van der Waals surface area contributed by atoms with E-state index in [1.54, 1.807) is 22.7 Å². The van der Waals surface area contributed by atoms with Gasteiger partial charge in [0.05, 0.1) is 23.2 Å². The van der Waals surface area contributed by atoms with Crippen molar-refractivity contribution < 1.29 is 19.1 Å². The number of amides is 1. The van der Waals surface area contributed by atoms with E-state index in [-0.39, 0.29) is 17.9 Å². The minimum absolute atomic E-state index is 0.0148. The van der Waals surface area contributed by atoms with Crippen molar-refractivity contribution in [3.05, 3.63) is 94.4 Å². The first kappa shape index (κ1) is 23.4. The Balaban J connectivity index is 1.32. The molecule has 2 aromatic carbocycles. The molecule has 0 saturated heterocycles. The summed E-state index contributed by atoms with van der Waals surface area (Å²) in [6.45, 7) is 4.74. The van der Waals surface area contributed by atoms with Gasteiger partial charge >= 0.3 is 5.97 Å². The van der Waals surface area contributed by atoms with Gasteiger partial charge in [0.25, 0.3) is 5.91 Å². The molecule has 3 atom stereocenters. The van der Waals surface area contributed by atoms with Crippen LogP contribution in [0.2, 0.25) is 0 Å². The molecule has 1 aliphatic heterocycles. The van der Waals surface area contributed by atoms with Crippen LogP contribution in [-0.2, 0) is 17.6 Å². The van der Waals surface area contributed by atoms with E-state index in [1.165, 1.54) is 17.2 Å². The molecule has 1 fully saturated rings. The Bertz CT molecular complexity index is 1560. The number of aliphatic carboxylic acids is 1. The summed E-state index contributed by atoms with van der Waals surface area (Å²) in [4.78, 5) is 26.8. The lowest BCUT2D eigenvalue weighted by atomic mass is 9.93. The van der Waals surface area contributed by atoms with Crippen molar-refractivity contribution in [1.82, 2.24) is 14.5 Å². The van der Waals surface area contributed by atoms with E-state index in [1.807, 2.05) is 36.1 Å². The molecule has 6 nitrogen and oxygen atoms in total. The SMILES string of the molecule is CCc1cc(C(=O)N2CCc3ccccc3[C@H]2C)cc2cc(-c3ccc(C4CC4C(=O)O)cc3F)nn12. The van der Waals surface area contributed by atoms with Crippen molar-refractivity contribution in [3.8, 4) is 11.3 Å². The van der Waals surface area contributed by atoms with Crippen LogP contribution < -0.4 is 0 Å². The number of carboxylic acids is 1. The Morgan fingerprint density at radius 2 is 1.92 bits per heavy atom. The maximum absolute atomic E-state index is 15.1. The highest BCUT2D eigenvalue weighted by Gasteiger charge is 2.44. The number of carbonyl (C=O) groups excluding carboxylic acids is 1. The monoisotopic (exact) mass is 497 g/mol. The summed E-state index contributed by atoms with van der Waals surface area (Å²) in [7, 11) is 0. The molecule has 4 aromatic rings. The fourth-order valence-electron chi connectivity index (χ4n) is 5.70. The summed E-state index contributed by atoms with van der Waals surface area (Å²) in [5.74, 6) is -1.84. The third-order valence-corrected chi connectivity index (χ3v) is 7.90. The summed E-state index contributed by atoms with van der Waals surface area (Å²) < 4.78 is 16.9. The van der Waals surface area contributed by atoms with Crippen LogP contribution in [0.4, 0.5) is 4.39 Å². The fourth-order valence-corrected chi connectivity index (χ4v) is 5.70. The molecule has 7 heteroatoms. The summed E-state index contributed by atoms with van der Waals surface area (Å²) >= 11 is 0. The third-order valence-electron chi connectivity index (χ3n) is 7.90. The highest BCUT2D eigenvalue weighted by atomic mass is 19.1. The number of carboxylic acid groups (broad SMARTS) is 1. The number of halogens is 1. The van der Waals surface area contributed by atoms with Gasteiger partial charge in [-0.2, -0.15) is 5.10 Å². The van der Waals surface area contributed by atoms with Crippen LogP contribution in [0.5, 0.6) is 0 Å². The van der Waals surface area contributed by atoms with Gasteiger partial charge in [-0.3, -0.25) is 9.59 Å². The van der Waals surface area contributed by atoms with Crippen LogP contribution in [-0.4, -0.2) is 38.0 Å². The number of hydrogen-bond acceptors (Lipinski definition) is 3. The number of fused-ring (bicyclic) bond motifs is 2. The molecule has 2 aliphatic rings. The van der Waals surface area contributed by atoms with Crippen molar-refractivity contribution in [2.75, 3.05) is 6.54 Å². The quantitative estimate of drug-likeness (QED) is 0.387. The van der Waals surface area contributed by atoms with Crippen molar-refractivity contribution >= 4 is 17.4 Å². The summed E-state index contributed by atoms with van der Waals surface area (Å²) in [5.41, 5.74) is 6.23. The number of aryl methyl sites for hydroxylation is 1. The average molecular weight is 498 g/mol. The van der Waals surface area contributed by atoms with Gasteiger partial charge in [-0.15, -0.1) is 0 Å². The molecule has 2 aromatic heterocycles. The molecule has 1 N–H and O–H groups in total. The molecule has 0 bridgehead atoms. The van der Waals surface area contributed by atoms with E-state index in [0.717, 1.165) is 17.6 Å². The Kier molecular flexibility index (Phi) is 5.59. The Morgan fingerprint density at radius 3 is 2.65 bits per heavy atom. The molecule has 0 radical (unpaired) electrons. The predicted molar refractivity (Wildman–Crippen MR) is 138 cm³/mol. The number of hydrogen-bond donors (Lipinski definition) is 1. The minimum Gasteiger partial charge on any atom is -0.481 e. The van der Waals surface area contributed by atoms with Gasteiger partial charge in [-0.1, -0.05) is 37.3 Å². The maximum Gasteiger partial charge on any atom is 0.307 e. The van der Waals surface area contributed by atoms with Crippen LogP contribution in [0.25, 0.3) is 16.8 Å². The van der Waals surface area contributed by atoms with Crippen molar-refractivity contribution in [1.29, 1.82) is 0 Å². The molecular formula is C30H28FN3O3. The molecule has 1 amide bonds. The van der Waals surface area contributed by atoms with Gasteiger partial charge in [0.15, 0.2) is 0 Å². The maximum atomic E-state index is 15.1. The molecular weight excluding hydrogens is 469 g/mol. The number of aromatic nitrogens is 2. The van der Waals surface area contributed by atoms with Crippen LogP contribution in [0, 0.1) is 11.7 Å². The molecule has 188 valence electrons. The Labute approximate surface area is 214 Å². The van der Waals surface area contributed by atoms with E-state index in [2.05, 4.69) is 24.2 Å². The van der Waals surface area contributed by atoms with Gasteiger partial charge in [0, 0.05) is 23.4 Å². The van der Waals surface area contributed by atoms with E-state index in [4.69, 9.17) is 0 Å². The van der Waals surface area contributed by atoms with Crippen LogP contribution in [0.1, 0.15) is 65.0 Å². The Morgan fingerprint density at radius 1 is 1.11 bits per heavy atom. The lowest BCUT2D eigenvalue weighted by molar-refractivity contribution is -0.138. The molecule has 6 rings (SSSR count). The zero-order chi connectivity index (χ0) is 25.8. The van der Waals surface area contributed by atoms with Crippen molar-refractivity contribution in [3.63, 3.8) is 0 Å². The average Bonchev–Trinajstić information content (AvgIpc) is 3.60. The highest BCUT2D eigenvalue weighted by molar-refractivity contribution is 5.96. The second-order valence-corrected chi connectivity index (χ2v) is 10.1. The molecule has 2 unspecified atom stereocenters. The molecule has 1 aliphatic carbocycles. The first-order valence-corrected chi connectivity index (χ1v) is 12.8. The van der Waals surface area contributed by atoms with E-state index in [0.29, 0.717) is 41.8 Å². The zero-order valence-electron chi connectivity index (χ0n) is 20.8. The largest absolute Gasteiger partial charge is 0.481 e. The second-order valence-electron chi connectivity index (χ2n) is 10.1. The molecule has 3 heterocycles. The molecule has 1 saturated carbocycles. The van der Waals surface area contributed by atoms with Crippen LogP contribution in [0.15, 0.2) is 60.7 Å². The minimum atomic E-state index is -0.838. The predicted octanol–water partition coefficient (Wildman–Crippen LogP) is 5.65.